The summed E-state index contributed by atoms with van der Waals surface area (Å²) >= 11 is 0. The molecule has 0 rings (SSSR count). The van der Waals surface area contributed by atoms with Gasteiger partial charge in [-0.05, 0) is 41.0 Å². The minimum Gasteiger partial charge on any atom is -0.361 e. The summed E-state index contributed by atoms with van der Waals surface area (Å²) in [4.78, 5) is 3.43. The van der Waals surface area contributed by atoms with Gasteiger partial charge in [-0.1, -0.05) is 6.92 Å². The van der Waals surface area contributed by atoms with Crippen LogP contribution in [0.4, 0.5) is 0 Å². The van der Waals surface area contributed by atoms with Crippen LogP contribution in [-0.4, -0.2) is 34.3 Å². The lowest BCUT2D eigenvalue weighted by atomic mass is 10.0. The highest BCUT2D eigenvalue weighted by molar-refractivity contribution is 6.58. The van der Waals surface area contributed by atoms with Crippen molar-refractivity contribution in [1.82, 2.24) is 4.98 Å². The highest BCUT2D eigenvalue weighted by atomic mass is 28.4. The van der Waals surface area contributed by atoms with Crippen LogP contribution >= 0.6 is 0 Å². The van der Waals surface area contributed by atoms with Crippen molar-refractivity contribution in [2.75, 3.05) is 19.8 Å². The summed E-state index contributed by atoms with van der Waals surface area (Å²) in [7, 11) is -2.70. The molecule has 0 saturated carbocycles. The first-order valence-electron chi connectivity index (χ1n) is 6.16. The van der Waals surface area contributed by atoms with Gasteiger partial charge >= 0.3 is 8.97 Å². The van der Waals surface area contributed by atoms with Gasteiger partial charge in [0.05, 0.1) is 0 Å². The Hall–Kier alpha value is 0.0569. The molecule has 0 atom stereocenters. The number of hydrogen-bond donors (Lipinski definition) is 1. The van der Waals surface area contributed by atoms with E-state index >= 15 is 0 Å². The van der Waals surface area contributed by atoms with Gasteiger partial charge in [0.15, 0.2) is 0 Å². The third-order valence-electron chi connectivity index (χ3n) is 2.38. The molecule has 0 aliphatic carbocycles. The van der Waals surface area contributed by atoms with Crippen molar-refractivity contribution in [3.63, 3.8) is 0 Å². The zero-order valence-electron chi connectivity index (χ0n) is 11.6. The average Bonchev–Trinajstić information content (AvgIpc) is 2.18. The molecular formula is C11H27NO3Si. The second kappa shape index (κ2) is 7.40. The molecule has 16 heavy (non-hydrogen) atoms. The lowest BCUT2D eigenvalue weighted by molar-refractivity contribution is 0.0503. The zero-order chi connectivity index (χ0) is 12.7. The molecule has 0 aliphatic heterocycles. The second-order valence-electron chi connectivity index (χ2n) is 4.22. The Morgan fingerprint density at radius 1 is 0.875 bits per heavy atom. The van der Waals surface area contributed by atoms with Gasteiger partial charge in [-0.3, -0.25) is 4.98 Å². The van der Waals surface area contributed by atoms with E-state index in [0.717, 1.165) is 6.42 Å². The number of hydrogen-bond acceptors (Lipinski definition) is 4. The maximum atomic E-state index is 5.73. The van der Waals surface area contributed by atoms with Crippen LogP contribution in [0.2, 0.25) is 0 Å². The van der Waals surface area contributed by atoms with E-state index in [1.807, 2.05) is 20.8 Å². The average molecular weight is 249 g/mol. The highest BCUT2D eigenvalue weighted by Crippen LogP contribution is 2.15. The molecule has 4 nitrogen and oxygen atoms in total. The van der Waals surface area contributed by atoms with Gasteiger partial charge in [0.25, 0.3) is 0 Å². The van der Waals surface area contributed by atoms with Gasteiger partial charge in [-0.25, -0.2) is 0 Å². The molecule has 0 aromatic rings. The Kier molecular flexibility index (Phi) is 7.42. The maximum Gasteiger partial charge on any atom is 0.597 e. The lowest BCUT2D eigenvalue weighted by Gasteiger charge is -2.36. The molecule has 0 bridgehead atoms. The van der Waals surface area contributed by atoms with E-state index in [2.05, 4.69) is 25.8 Å². The van der Waals surface area contributed by atoms with Crippen LogP contribution in [0, 0.1) is 0 Å². The van der Waals surface area contributed by atoms with Crippen LogP contribution in [0.25, 0.3) is 0 Å². The number of rotatable bonds is 9. The molecule has 0 radical (unpaired) electrons. The van der Waals surface area contributed by atoms with Gasteiger partial charge < -0.3 is 13.3 Å². The molecule has 0 amide bonds. The Labute approximate surface area is 101 Å². The quantitative estimate of drug-likeness (QED) is 0.637. The fourth-order valence-electron chi connectivity index (χ4n) is 1.31. The van der Waals surface area contributed by atoms with Gasteiger partial charge in [-0.15, -0.1) is 0 Å². The summed E-state index contributed by atoms with van der Waals surface area (Å²) in [6, 6.07) is 0. The molecule has 5 heteroatoms. The predicted octanol–water partition coefficient (Wildman–Crippen LogP) is 2.31. The first-order chi connectivity index (χ1) is 7.45. The summed E-state index contributed by atoms with van der Waals surface area (Å²) in [5.74, 6) is 0. The molecule has 0 aliphatic rings. The van der Waals surface area contributed by atoms with Crippen molar-refractivity contribution in [1.29, 1.82) is 0 Å². The molecule has 0 fully saturated rings. The summed E-state index contributed by atoms with van der Waals surface area (Å²) in [5.41, 5.74) is -0.0360. The summed E-state index contributed by atoms with van der Waals surface area (Å²) < 4.78 is 17.2. The van der Waals surface area contributed by atoms with E-state index in [0.29, 0.717) is 19.8 Å². The van der Waals surface area contributed by atoms with Crippen molar-refractivity contribution in [2.24, 2.45) is 0 Å². The van der Waals surface area contributed by atoms with E-state index in [1.54, 1.807) is 0 Å². The van der Waals surface area contributed by atoms with E-state index in [4.69, 9.17) is 13.3 Å². The molecule has 0 aromatic heterocycles. The van der Waals surface area contributed by atoms with Crippen molar-refractivity contribution < 1.29 is 13.3 Å². The van der Waals surface area contributed by atoms with Crippen LogP contribution in [-0.2, 0) is 13.3 Å². The summed E-state index contributed by atoms with van der Waals surface area (Å²) in [5, 5.41) is 0. The van der Waals surface area contributed by atoms with E-state index in [1.165, 1.54) is 0 Å². The van der Waals surface area contributed by atoms with Gasteiger partial charge in [-0.2, -0.15) is 0 Å². The fraction of sp³-hybridized carbons (Fsp3) is 1.00. The van der Waals surface area contributed by atoms with Crippen LogP contribution in [0.5, 0.6) is 0 Å². The van der Waals surface area contributed by atoms with E-state index in [9.17, 15) is 0 Å². The third kappa shape index (κ3) is 5.40. The van der Waals surface area contributed by atoms with Crippen LogP contribution in [0.15, 0.2) is 0 Å². The molecule has 0 aromatic carbocycles. The Bertz CT molecular complexity index is 171. The molecule has 0 saturated heterocycles. The van der Waals surface area contributed by atoms with Gasteiger partial charge in [0, 0.05) is 25.4 Å². The van der Waals surface area contributed by atoms with Crippen LogP contribution < -0.4 is 4.98 Å². The predicted molar refractivity (Wildman–Crippen MR) is 68.1 cm³/mol. The van der Waals surface area contributed by atoms with Crippen molar-refractivity contribution in [2.45, 2.75) is 53.5 Å². The Morgan fingerprint density at radius 2 is 1.25 bits per heavy atom. The molecular weight excluding hydrogens is 222 g/mol. The van der Waals surface area contributed by atoms with Gasteiger partial charge in [0.1, 0.15) is 0 Å². The molecule has 0 unspecified atom stereocenters. The normalized spacial score (nSPS) is 13.1. The Balaban J connectivity index is 4.71. The highest BCUT2D eigenvalue weighted by Gasteiger charge is 2.45. The Morgan fingerprint density at radius 3 is 1.50 bits per heavy atom. The third-order valence-corrected chi connectivity index (χ3v) is 5.37. The first kappa shape index (κ1) is 16.1. The van der Waals surface area contributed by atoms with E-state index in [-0.39, 0.29) is 5.54 Å². The van der Waals surface area contributed by atoms with E-state index < -0.39 is 8.97 Å². The molecule has 98 valence electrons. The van der Waals surface area contributed by atoms with Crippen molar-refractivity contribution in [3.8, 4) is 0 Å². The van der Waals surface area contributed by atoms with Gasteiger partial charge in [0.2, 0.25) is 0 Å². The smallest absolute Gasteiger partial charge is 0.361 e. The largest absolute Gasteiger partial charge is 0.597 e. The van der Waals surface area contributed by atoms with Crippen molar-refractivity contribution in [3.05, 3.63) is 0 Å². The fourth-order valence-corrected chi connectivity index (χ4v) is 3.92. The standard InChI is InChI=1S/C11H27NO3Si/c1-7-11(5,6)12-16(13-8-2,14-9-3)15-10-4/h12H,7-10H2,1-6H3. The minimum absolute atomic E-state index is 0.0360. The lowest BCUT2D eigenvalue weighted by Crippen LogP contribution is -2.65. The molecule has 1 N–H and O–H groups in total. The maximum absolute atomic E-state index is 5.73. The van der Waals surface area contributed by atoms with Crippen LogP contribution in [0.3, 0.4) is 0 Å². The number of nitrogens with one attached hydrogen (secondary N) is 1. The molecule has 0 spiro atoms. The first-order valence-corrected chi connectivity index (χ1v) is 7.89. The monoisotopic (exact) mass is 249 g/mol. The van der Waals surface area contributed by atoms with Crippen LogP contribution in [0.1, 0.15) is 48.0 Å². The summed E-state index contributed by atoms with van der Waals surface area (Å²) in [6.45, 7) is 14.1. The summed E-state index contributed by atoms with van der Waals surface area (Å²) in [6.07, 6.45) is 0.995. The topological polar surface area (TPSA) is 39.7 Å². The SMILES string of the molecule is CCO[Si](NC(C)(C)CC)(OCC)OCC. The minimum atomic E-state index is -2.70. The second-order valence-corrected chi connectivity index (χ2v) is 6.45. The van der Waals surface area contributed by atoms with Crippen molar-refractivity contribution >= 4 is 8.97 Å². The molecule has 0 heterocycles. The zero-order valence-corrected chi connectivity index (χ0v) is 12.6.